The van der Waals surface area contributed by atoms with Crippen LogP contribution in [-0.2, 0) is 0 Å². The standard InChI is InChI=1S/C23H24N2O/c1-15-12-22(25-14-16(15)2)23-13-20(10-11-24-23)18(4)17(3)19-6-8-21(26-5)9-7-19/h6-14H,1-5H3/b18-17+. The van der Waals surface area contributed by atoms with Crippen LogP contribution in [0.15, 0.2) is 54.9 Å². The second-order valence-corrected chi connectivity index (χ2v) is 6.56. The number of aromatic nitrogens is 2. The highest BCUT2D eigenvalue weighted by molar-refractivity contribution is 5.89. The van der Waals surface area contributed by atoms with E-state index in [1.807, 2.05) is 30.6 Å². The zero-order chi connectivity index (χ0) is 18.7. The summed E-state index contributed by atoms with van der Waals surface area (Å²) < 4.78 is 5.25. The van der Waals surface area contributed by atoms with E-state index in [0.29, 0.717) is 0 Å². The summed E-state index contributed by atoms with van der Waals surface area (Å²) in [7, 11) is 1.68. The summed E-state index contributed by atoms with van der Waals surface area (Å²) in [6.07, 6.45) is 3.76. The summed E-state index contributed by atoms with van der Waals surface area (Å²) in [4.78, 5) is 9.06. The van der Waals surface area contributed by atoms with E-state index in [9.17, 15) is 0 Å². The van der Waals surface area contributed by atoms with Gasteiger partial charge < -0.3 is 4.74 Å². The molecule has 2 aromatic heterocycles. The Bertz CT molecular complexity index is 956. The number of hydrogen-bond acceptors (Lipinski definition) is 3. The van der Waals surface area contributed by atoms with Crippen LogP contribution in [0.5, 0.6) is 5.75 Å². The lowest BCUT2D eigenvalue weighted by Crippen LogP contribution is -1.93. The van der Waals surface area contributed by atoms with Crippen LogP contribution in [0.2, 0.25) is 0 Å². The van der Waals surface area contributed by atoms with Crippen LogP contribution in [0, 0.1) is 13.8 Å². The molecule has 0 unspecified atom stereocenters. The lowest BCUT2D eigenvalue weighted by Gasteiger charge is -2.11. The summed E-state index contributed by atoms with van der Waals surface area (Å²) in [5, 5.41) is 0. The fraction of sp³-hybridized carbons (Fsp3) is 0.217. The minimum atomic E-state index is 0.867. The molecule has 0 saturated carbocycles. The monoisotopic (exact) mass is 344 g/mol. The van der Waals surface area contributed by atoms with Crippen molar-refractivity contribution in [3.8, 4) is 17.1 Å². The minimum Gasteiger partial charge on any atom is -0.497 e. The molecule has 0 saturated heterocycles. The van der Waals surface area contributed by atoms with E-state index in [4.69, 9.17) is 4.74 Å². The molecule has 0 bridgehead atoms. The summed E-state index contributed by atoms with van der Waals surface area (Å²) >= 11 is 0. The van der Waals surface area contributed by atoms with Crippen LogP contribution in [0.4, 0.5) is 0 Å². The van der Waals surface area contributed by atoms with E-state index in [-0.39, 0.29) is 0 Å². The fourth-order valence-corrected chi connectivity index (χ4v) is 2.84. The Morgan fingerprint density at radius 2 is 1.42 bits per heavy atom. The van der Waals surface area contributed by atoms with Gasteiger partial charge in [-0.3, -0.25) is 9.97 Å². The maximum atomic E-state index is 5.25. The van der Waals surface area contributed by atoms with Crippen molar-refractivity contribution in [1.29, 1.82) is 0 Å². The molecule has 0 aliphatic carbocycles. The first-order valence-electron chi connectivity index (χ1n) is 8.71. The van der Waals surface area contributed by atoms with Crippen molar-refractivity contribution in [2.24, 2.45) is 0 Å². The lowest BCUT2D eigenvalue weighted by atomic mass is 9.97. The first-order chi connectivity index (χ1) is 12.5. The zero-order valence-electron chi connectivity index (χ0n) is 16.0. The highest BCUT2D eigenvalue weighted by Gasteiger charge is 2.08. The number of aryl methyl sites for hydroxylation is 2. The van der Waals surface area contributed by atoms with Gasteiger partial charge in [0.25, 0.3) is 0 Å². The molecule has 0 spiro atoms. The Kier molecular flexibility index (Phi) is 5.17. The number of rotatable bonds is 4. The van der Waals surface area contributed by atoms with Crippen LogP contribution >= 0.6 is 0 Å². The van der Waals surface area contributed by atoms with Crippen molar-refractivity contribution in [2.75, 3.05) is 7.11 Å². The smallest absolute Gasteiger partial charge is 0.118 e. The summed E-state index contributed by atoms with van der Waals surface area (Å²) in [6.45, 7) is 8.46. The van der Waals surface area contributed by atoms with Gasteiger partial charge in [0, 0.05) is 12.4 Å². The summed E-state index contributed by atoms with van der Waals surface area (Å²) in [5.41, 5.74) is 9.02. The first-order valence-corrected chi connectivity index (χ1v) is 8.71. The maximum absolute atomic E-state index is 5.25. The minimum absolute atomic E-state index is 0.867. The van der Waals surface area contributed by atoms with Gasteiger partial charge in [-0.15, -0.1) is 0 Å². The fourth-order valence-electron chi connectivity index (χ4n) is 2.84. The molecule has 132 valence electrons. The molecule has 0 amide bonds. The van der Waals surface area contributed by atoms with Crippen LogP contribution in [0.3, 0.4) is 0 Å². The largest absolute Gasteiger partial charge is 0.497 e. The second-order valence-electron chi connectivity index (χ2n) is 6.56. The van der Waals surface area contributed by atoms with Gasteiger partial charge in [0.15, 0.2) is 0 Å². The zero-order valence-corrected chi connectivity index (χ0v) is 16.0. The molecule has 0 aliphatic heterocycles. The molecule has 1 aromatic carbocycles. The Hall–Kier alpha value is -2.94. The third-order valence-corrected chi connectivity index (χ3v) is 4.91. The van der Waals surface area contributed by atoms with Crippen molar-refractivity contribution in [3.05, 3.63) is 77.1 Å². The Labute approximate surface area is 155 Å². The van der Waals surface area contributed by atoms with Gasteiger partial charge in [-0.2, -0.15) is 0 Å². The Morgan fingerprint density at radius 3 is 2.08 bits per heavy atom. The van der Waals surface area contributed by atoms with Crippen LogP contribution in [0.1, 0.15) is 36.1 Å². The molecule has 0 fully saturated rings. The normalized spacial score (nSPS) is 11.9. The number of pyridine rings is 2. The van der Waals surface area contributed by atoms with E-state index in [1.54, 1.807) is 7.11 Å². The van der Waals surface area contributed by atoms with Crippen molar-refractivity contribution in [1.82, 2.24) is 9.97 Å². The van der Waals surface area contributed by atoms with Gasteiger partial charge in [-0.1, -0.05) is 12.1 Å². The van der Waals surface area contributed by atoms with Gasteiger partial charge in [0.1, 0.15) is 5.75 Å². The second kappa shape index (κ2) is 7.52. The van der Waals surface area contributed by atoms with Crippen molar-refractivity contribution in [3.63, 3.8) is 0 Å². The molecule has 0 N–H and O–H groups in total. The Morgan fingerprint density at radius 1 is 0.769 bits per heavy atom. The molecule has 3 aromatic rings. The molecular weight excluding hydrogens is 320 g/mol. The van der Waals surface area contributed by atoms with Crippen LogP contribution in [0.25, 0.3) is 22.5 Å². The predicted octanol–water partition coefficient (Wildman–Crippen LogP) is 5.72. The molecule has 3 heteroatoms. The van der Waals surface area contributed by atoms with Gasteiger partial charge in [-0.25, -0.2) is 0 Å². The van der Waals surface area contributed by atoms with E-state index in [2.05, 4.69) is 61.9 Å². The van der Waals surface area contributed by atoms with Crippen LogP contribution in [-0.4, -0.2) is 17.1 Å². The first kappa shape index (κ1) is 17.9. The maximum Gasteiger partial charge on any atom is 0.118 e. The number of ether oxygens (including phenoxy) is 1. The topological polar surface area (TPSA) is 35.0 Å². The van der Waals surface area contributed by atoms with Gasteiger partial charge >= 0.3 is 0 Å². The number of benzene rings is 1. The van der Waals surface area contributed by atoms with Crippen LogP contribution < -0.4 is 4.74 Å². The predicted molar refractivity (Wildman–Crippen MR) is 108 cm³/mol. The lowest BCUT2D eigenvalue weighted by molar-refractivity contribution is 0.415. The summed E-state index contributed by atoms with van der Waals surface area (Å²) in [5.74, 6) is 0.867. The van der Waals surface area contributed by atoms with E-state index < -0.39 is 0 Å². The SMILES string of the molecule is COc1ccc(/C(C)=C(\C)c2ccnc(-c3cc(C)c(C)cn3)c2)cc1. The van der Waals surface area contributed by atoms with E-state index >= 15 is 0 Å². The molecule has 0 radical (unpaired) electrons. The number of methoxy groups -OCH3 is 1. The molecule has 0 atom stereocenters. The molecule has 3 rings (SSSR count). The molecule has 0 aliphatic rings. The Balaban J connectivity index is 1.98. The highest BCUT2D eigenvalue weighted by Crippen LogP contribution is 2.28. The molecular formula is C23H24N2O. The number of nitrogens with zero attached hydrogens (tertiary/aromatic N) is 2. The average Bonchev–Trinajstić information content (AvgIpc) is 2.69. The van der Waals surface area contributed by atoms with E-state index in [0.717, 1.165) is 22.7 Å². The number of allylic oxidation sites excluding steroid dienone is 2. The van der Waals surface area contributed by atoms with Gasteiger partial charge in [0.05, 0.1) is 18.5 Å². The highest BCUT2D eigenvalue weighted by atomic mass is 16.5. The molecule has 2 heterocycles. The van der Waals surface area contributed by atoms with Gasteiger partial charge in [-0.05, 0) is 91.4 Å². The summed E-state index contributed by atoms with van der Waals surface area (Å²) in [6, 6.07) is 14.4. The van der Waals surface area contributed by atoms with Crippen molar-refractivity contribution in [2.45, 2.75) is 27.7 Å². The molecule has 3 nitrogen and oxygen atoms in total. The quantitative estimate of drug-likeness (QED) is 0.607. The van der Waals surface area contributed by atoms with Crippen molar-refractivity contribution >= 4 is 11.1 Å². The average molecular weight is 344 g/mol. The van der Waals surface area contributed by atoms with Crippen molar-refractivity contribution < 1.29 is 4.74 Å². The van der Waals surface area contributed by atoms with E-state index in [1.165, 1.54) is 27.8 Å². The third-order valence-electron chi connectivity index (χ3n) is 4.91. The third kappa shape index (κ3) is 3.67. The number of hydrogen-bond donors (Lipinski definition) is 0. The molecule has 26 heavy (non-hydrogen) atoms. The van der Waals surface area contributed by atoms with Gasteiger partial charge in [0.2, 0.25) is 0 Å².